The van der Waals surface area contributed by atoms with E-state index in [4.69, 9.17) is 22.1 Å². The molecule has 1 heterocycles. The van der Waals surface area contributed by atoms with Crippen LogP contribution in [0.5, 0.6) is 0 Å². The zero-order valence-electron chi connectivity index (χ0n) is 10.0. The Morgan fingerprint density at radius 3 is 3.00 bits per heavy atom. The lowest BCUT2D eigenvalue weighted by Gasteiger charge is -2.00. The van der Waals surface area contributed by atoms with Crippen molar-refractivity contribution >= 4 is 39.7 Å². The van der Waals surface area contributed by atoms with Crippen LogP contribution in [0.15, 0.2) is 18.2 Å². The van der Waals surface area contributed by atoms with Crippen LogP contribution in [0.2, 0.25) is 5.02 Å². The Morgan fingerprint density at radius 2 is 2.32 bits per heavy atom. The summed E-state index contributed by atoms with van der Waals surface area (Å²) in [5.41, 5.74) is 6.99. The summed E-state index contributed by atoms with van der Waals surface area (Å²) in [6.45, 7) is -0.0250. The van der Waals surface area contributed by atoms with Gasteiger partial charge in [-0.3, -0.25) is 10.1 Å². The van der Waals surface area contributed by atoms with Gasteiger partial charge in [0.2, 0.25) is 5.13 Å². The maximum Gasteiger partial charge on any atom is 0.252 e. The minimum absolute atomic E-state index is 0.0250. The zero-order chi connectivity index (χ0) is 13.8. The van der Waals surface area contributed by atoms with Crippen LogP contribution in [0, 0.1) is 0 Å². The number of benzene rings is 1. The Hall–Kier alpha value is -1.70. The third-order valence-electron chi connectivity index (χ3n) is 2.19. The van der Waals surface area contributed by atoms with Gasteiger partial charge in [-0.15, -0.1) is 10.2 Å². The Labute approximate surface area is 118 Å². The van der Waals surface area contributed by atoms with Gasteiger partial charge in [0.1, 0.15) is 11.6 Å². The number of nitrogens with zero attached hydrogens (tertiary/aromatic N) is 2. The first-order valence-electron chi connectivity index (χ1n) is 5.28. The zero-order valence-corrected chi connectivity index (χ0v) is 11.6. The molecule has 19 heavy (non-hydrogen) atoms. The van der Waals surface area contributed by atoms with Crippen molar-refractivity contribution in [3.05, 3.63) is 23.2 Å². The van der Waals surface area contributed by atoms with Crippen molar-refractivity contribution in [1.29, 1.82) is 0 Å². The topological polar surface area (TPSA) is 90.1 Å². The van der Waals surface area contributed by atoms with Gasteiger partial charge in [-0.2, -0.15) is 0 Å². The monoisotopic (exact) mass is 298 g/mol. The molecule has 100 valence electrons. The molecule has 0 saturated carbocycles. The molecule has 6 nitrogen and oxygen atoms in total. The second-order valence-electron chi connectivity index (χ2n) is 3.63. The van der Waals surface area contributed by atoms with Gasteiger partial charge >= 0.3 is 0 Å². The summed E-state index contributed by atoms with van der Waals surface area (Å²) in [5, 5.41) is 12.0. The van der Waals surface area contributed by atoms with Crippen LogP contribution in [0.4, 0.5) is 10.8 Å². The molecule has 0 aliphatic carbocycles. The van der Waals surface area contributed by atoms with Gasteiger partial charge in [0.05, 0.1) is 10.7 Å². The van der Waals surface area contributed by atoms with E-state index in [0.717, 1.165) is 5.56 Å². The third-order valence-corrected chi connectivity index (χ3v) is 3.42. The number of rotatable bonds is 4. The second kappa shape index (κ2) is 5.96. The summed E-state index contributed by atoms with van der Waals surface area (Å²) < 4.78 is 4.71. The minimum Gasteiger partial charge on any atom is -0.398 e. The molecule has 3 N–H and O–H groups in total. The highest BCUT2D eigenvalue weighted by Gasteiger charge is 2.10. The number of anilines is 2. The number of nitrogens with two attached hydrogens (primary N) is 1. The van der Waals surface area contributed by atoms with Crippen molar-refractivity contribution in [3.8, 4) is 10.6 Å². The molecular formula is C11H11ClN4O2S. The molecule has 0 aliphatic heterocycles. The highest BCUT2D eigenvalue weighted by atomic mass is 35.5. The Balaban J connectivity index is 2.16. The molecule has 0 aliphatic rings. The SMILES string of the molecule is COCC(=O)Nc1nnc(-c2ccc(Cl)c(N)c2)s1. The number of hydrogen-bond donors (Lipinski definition) is 2. The Bertz CT molecular complexity index is 602. The quantitative estimate of drug-likeness (QED) is 0.843. The molecule has 0 bridgehead atoms. The maximum absolute atomic E-state index is 11.3. The molecule has 0 fully saturated rings. The molecule has 2 aromatic rings. The van der Waals surface area contributed by atoms with E-state index in [1.165, 1.54) is 18.4 Å². The summed E-state index contributed by atoms with van der Waals surface area (Å²) in [4.78, 5) is 11.3. The first-order chi connectivity index (χ1) is 9.10. The Morgan fingerprint density at radius 1 is 1.53 bits per heavy atom. The fourth-order valence-electron chi connectivity index (χ4n) is 1.35. The van der Waals surface area contributed by atoms with Crippen molar-refractivity contribution in [3.63, 3.8) is 0 Å². The number of methoxy groups -OCH3 is 1. The number of aromatic nitrogens is 2. The van der Waals surface area contributed by atoms with Gasteiger partial charge in [0.15, 0.2) is 0 Å². The third kappa shape index (κ3) is 3.40. The molecule has 2 rings (SSSR count). The number of hydrogen-bond acceptors (Lipinski definition) is 6. The highest BCUT2D eigenvalue weighted by molar-refractivity contribution is 7.18. The van der Waals surface area contributed by atoms with Crippen molar-refractivity contribution < 1.29 is 9.53 Å². The van der Waals surface area contributed by atoms with Gasteiger partial charge in [0.25, 0.3) is 5.91 Å². The second-order valence-corrected chi connectivity index (χ2v) is 5.01. The van der Waals surface area contributed by atoms with Crippen LogP contribution in [0.25, 0.3) is 10.6 Å². The van der Waals surface area contributed by atoms with Crippen molar-refractivity contribution in [2.24, 2.45) is 0 Å². The smallest absolute Gasteiger partial charge is 0.252 e. The molecular weight excluding hydrogens is 288 g/mol. The Kier molecular flexibility index (Phi) is 4.31. The fraction of sp³-hybridized carbons (Fsp3) is 0.182. The lowest BCUT2D eigenvalue weighted by atomic mass is 10.2. The molecule has 1 aromatic carbocycles. The van der Waals surface area contributed by atoms with E-state index in [1.54, 1.807) is 18.2 Å². The number of nitrogen functional groups attached to an aromatic ring is 1. The summed E-state index contributed by atoms with van der Waals surface area (Å²) in [7, 11) is 1.45. The van der Waals surface area contributed by atoms with Crippen LogP contribution < -0.4 is 11.1 Å². The van der Waals surface area contributed by atoms with E-state index < -0.39 is 0 Å². The molecule has 0 unspecified atom stereocenters. The van der Waals surface area contributed by atoms with Crippen molar-refractivity contribution in [2.45, 2.75) is 0 Å². The first kappa shape index (κ1) is 13.7. The van der Waals surface area contributed by atoms with Gasteiger partial charge < -0.3 is 10.5 Å². The summed E-state index contributed by atoms with van der Waals surface area (Å²) >= 11 is 7.09. The predicted molar refractivity (Wildman–Crippen MR) is 75.3 cm³/mol. The average molecular weight is 299 g/mol. The van der Waals surface area contributed by atoms with Gasteiger partial charge in [-0.05, 0) is 12.1 Å². The molecule has 0 spiro atoms. The lowest BCUT2D eigenvalue weighted by Crippen LogP contribution is -2.16. The molecule has 0 radical (unpaired) electrons. The predicted octanol–water partition coefficient (Wildman–Crippen LogP) is 2.03. The number of nitrogens with one attached hydrogen (secondary N) is 1. The largest absolute Gasteiger partial charge is 0.398 e. The van der Waals surface area contributed by atoms with E-state index in [0.29, 0.717) is 20.8 Å². The van der Waals surface area contributed by atoms with Crippen LogP contribution in [-0.4, -0.2) is 29.8 Å². The van der Waals surface area contributed by atoms with Gasteiger partial charge in [0, 0.05) is 12.7 Å². The van der Waals surface area contributed by atoms with E-state index in [9.17, 15) is 4.79 Å². The standard InChI is InChI=1S/C11H11ClN4O2S/c1-18-5-9(17)14-11-16-15-10(19-11)6-2-3-7(12)8(13)4-6/h2-4H,5,13H2,1H3,(H,14,16,17). The van der Waals surface area contributed by atoms with E-state index >= 15 is 0 Å². The van der Waals surface area contributed by atoms with Crippen LogP contribution in [0.3, 0.4) is 0 Å². The fourth-order valence-corrected chi connectivity index (χ4v) is 2.23. The normalized spacial score (nSPS) is 10.4. The average Bonchev–Trinajstić information content (AvgIpc) is 2.81. The molecule has 1 aromatic heterocycles. The minimum atomic E-state index is -0.277. The van der Waals surface area contributed by atoms with Crippen LogP contribution in [0.1, 0.15) is 0 Å². The van der Waals surface area contributed by atoms with Crippen molar-refractivity contribution in [1.82, 2.24) is 10.2 Å². The first-order valence-corrected chi connectivity index (χ1v) is 6.47. The summed E-state index contributed by atoms with van der Waals surface area (Å²) in [5.74, 6) is -0.277. The van der Waals surface area contributed by atoms with E-state index in [-0.39, 0.29) is 12.5 Å². The van der Waals surface area contributed by atoms with Crippen molar-refractivity contribution in [2.75, 3.05) is 24.8 Å². The molecule has 1 amide bonds. The number of ether oxygens (including phenoxy) is 1. The lowest BCUT2D eigenvalue weighted by molar-refractivity contribution is -0.119. The molecule has 0 saturated heterocycles. The number of carbonyl (C=O) groups excluding carboxylic acids is 1. The van der Waals surface area contributed by atoms with Crippen LogP contribution in [-0.2, 0) is 9.53 Å². The van der Waals surface area contributed by atoms with E-state index in [1.807, 2.05) is 0 Å². The number of amides is 1. The van der Waals surface area contributed by atoms with E-state index in [2.05, 4.69) is 15.5 Å². The van der Waals surface area contributed by atoms with Gasteiger partial charge in [-0.1, -0.05) is 29.0 Å². The molecule has 0 atom stereocenters. The highest BCUT2D eigenvalue weighted by Crippen LogP contribution is 2.30. The summed E-state index contributed by atoms with van der Waals surface area (Å²) in [6, 6.07) is 5.19. The maximum atomic E-state index is 11.3. The van der Waals surface area contributed by atoms with Crippen LogP contribution >= 0.6 is 22.9 Å². The summed E-state index contributed by atoms with van der Waals surface area (Å²) in [6.07, 6.45) is 0. The number of halogens is 1. The number of carbonyl (C=O) groups is 1. The molecule has 8 heteroatoms. The van der Waals surface area contributed by atoms with Gasteiger partial charge in [-0.25, -0.2) is 0 Å².